The average molecular weight is 425 g/mol. The lowest BCUT2D eigenvalue weighted by Crippen LogP contribution is -2.18. The summed E-state index contributed by atoms with van der Waals surface area (Å²) in [5.74, 6) is 1.07. The Morgan fingerprint density at radius 1 is 1.07 bits per heavy atom. The third-order valence-corrected chi connectivity index (χ3v) is 5.36. The second-order valence-corrected chi connectivity index (χ2v) is 7.69. The van der Waals surface area contributed by atoms with Crippen LogP contribution in [0.5, 0.6) is 5.75 Å². The fourth-order valence-corrected chi connectivity index (χ4v) is 3.68. The van der Waals surface area contributed by atoms with Crippen LogP contribution in [0.4, 0.5) is 11.8 Å². The molecule has 0 radical (unpaired) electrons. The van der Waals surface area contributed by atoms with Crippen molar-refractivity contribution in [1.29, 1.82) is 0 Å². The number of ether oxygens (including phenoxy) is 1. The van der Waals surface area contributed by atoms with E-state index in [-0.39, 0.29) is 5.56 Å². The maximum absolute atomic E-state index is 12.1. The number of thioether (sulfide) groups is 1. The van der Waals surface area contributed by atoms with Crippen molar-refractivity contribution in [3.8, 4) is 5.75 Å². The van der Waals surface area contributed by atoms with Crippen LogP contribution in [0.1, 0.15) is 21.5 Å². The molecule has 0 bridgehead atoms. The minimum Gasteiger partial charge on any atom is -0.497 e. The molecule has 1 heterocycles. The van der Waals surface area contributed by atoms with Gasteiger partial charge in [0.25, 0.3) is 0 Å². The number of carbonyl (C=O) groups is 1. The van der Waals surface area contributed by atoms with Crippen LogP contribution in [0.3, 0.4) is 0 Å². The van der Waals surface area contributed by atoms with Gasteiger partial charge in [-0.3, -0.25) is 0 Å². The molecule has 0 aliphatic carbocycles. The Morgan fingerprint density at radius 2 is 1.77 bits per heavy atom. The number of hydrogen-bond acceptors (Lipinski definition) is 7. The third-order valence-electron chi connectivity index (χ3n) is 4.32. The Morgan fingerprint density at radius 3 is 2.37 bits per heavy atom. The van der Waals surface area contributed by atoms with Crippen molar-refractivity contribution in [2.24, 2.45) is 0 Å². The molecular weight excluding hydrogens is 400 g/mol. The topological polar surface area (TPSA) is 87.6 Å². The van der Waals surface area contributed by atoms with Crippen molar-refractivity contribution in [2.75, 3.05) is 31.4 Å². The molecule has 0 unspecified atom stereocenters. The lowest BCUT2D eigenvalue weighted by atomic mass is 10.2. The molecule has 3 rings (SSSR count). The molecule has 0 aliphatic rings. The van der Waals surface area contributed by atoms with Crippen molar-refractivity contribution in [3.63, 3.8) is 0 Å². The zero-order chi connectivity index (χ0) is 21.5. The quantitative estimate of drug-likeness (QED) is 0.391. The molecule has 2 N–H and O–H groups in total. The molecule has 0 aliphatic heterocycles. The van der Waals surface area contributed by atoms with Gasteiger partial charge in [0.2, 0.25) is 5.95 Å². The number of hydrogen-bond donors (Lipinski definition) is 2. The normalized spacial score (nSPS) is 10.5. The van der Waals surface area contributed by atoms with Crippen LogP contribution < -0.4 is 15.0 Å². The fourth-order valence-electron chi connectivity index (χ4n) is 2.71. The summed E-state index contributed by atoms with van der Waals surface area (Å²) in [6.45, 7) is 0.428. The lowest BCUT2D eigenvalue weighted by molar-refractivity contribution is 0.0693. The number of rotatable bonds is 9. The van der Waals surface area contributed by atoms with Gasteiger partial charge in [0, 0.05) is 26.4 Å². The number of aromatic nitrogens is 2. The van der Waals surface area contributed by atoms with E-state index < -0.39 is 5.97 Å². The summed E-state index contributed by atoms with van der Waals surface area (Å²) in [4.78, 5) is 22.8. The number of methoxy groups -OCH3 is 1. The molecule has 8 heteroatoms. The van der Waals surface area contributed by atoms with E-state index in [2.05, 4.69) is 15.3 Å². The zero-order valence-electron chi connectivity index (χ0n) is 17.1. The maximum atomic E-state index is 12.1. The molecule has 0 spiro atoms. The molecular formula is C22H24N4O3S. The molecule has 0 atom stereocenters. The Hall–Kier alpha value is -3.26. The summed E-state index contributed by atoms with van der Waals surface area (Å²) in [7, 11) is 5.27. The van der Waals surface area contributed by atoms with E-state index in [4.69, 9.17) is 4.74 Å². The Kier molecular flexibility index (Phi) is 7.13. The van der Waals surface area contributed by atoms with E-state index in [1.807, 2.05) is 68.7 Å². The van der Waals surface area contributed by atoms with E-state index >= 15 is 0 Å². The SMILES string of the molecule is COc1ccc(CNc2nc(N(C)C)nc(SCc3ccccc3)c2C(=O)O)cc1. The highest BCUT2D eigenvalue weighted by atomic mass is 32.2. The van der Waals surface area contributed by atoms with Crippen molar-refractivity contribution >= 4 is 29.5 Å². The van der Waals surface area contributed by atoms with Crippen LogP contribution in [0.2, 0.25) is 0 Å². The van der Waals surface area contributed by atoms with Gasteiger partial charge in [-0.05, 0) is 23.3 Å². The van der Waals surface area contributed by atoms with E-state index in [0.29, 0.717) is 29.1 Å². The minimum absolute atomic E-state index is 0.0787. The Labute approximate surface area is 180 Å². The first-order chi connectivity index (χ1) is 14.5. The molecule has 1 aromatic heterocycles. The molecule has 3 aromatic rings. The Balaban J connectivity index is 1.89. The number of anilines is 2. The molecule has 0 amide bonds. The van der Waals surface area contributed by atoms with Gasteiger partial charge in [-0.1, -0.05) is 42.5 Å². The molecule has 0 saturated heterocycles. The standard InChI is InChI=1S/C22H24N4O3S/c1-26(2)22-24-19(23-13-15-9-11-17(29-3)12-10-15)18(21(27)28)20(25-22)30-14-16-7-5-4-6-8-16/h4-12H,13-14H2,1-3H3,(H,27,28)(H,23,24,25). The highest BCUT2D eigenvalue weighted by molar-refractivity contribution is 7.98. The van der Waals surface area contributed by atoms with Gasteiger partial charge in [0.05, 0.1) is 7.11 Å². The molecule has 2 aromatic carbocycles. The van der Waals surface area contributed by atoms with Gasteiger partial charge in [-0.15, -0.1) is 11.8 Å². The van der Waals surface area contributed by atoms with Crippen LogP contribution in [-0.4, -0.2) is 42.2 Å². The van der Waals surface area contributed by atoms with Crippen LogP contribution >= 0.6 is 11.8 Å². The summed E-state index contributed by atoms with van der Waals surface area (Å²) in [6, 6.07) is 17.4. The van der Waals surface area contributed by atoms with E-state index in [9.17, 15) is 9.90 Å². The van der Waals surface area contributed by atoms with Gasteiger partial charge >= 0.3 is 5.97 Å². The number of carboxylic acids is 1. The Bertz CT molecular complexity index is 995. The molecule has 30 heavy (non-hydrogen) atoms. The molecule has 156 valence electrons. The minimum atomic E-state index is -1.06. The highest BCUT2D eigenvalue weighted by Gasteiger charge is 2.22. The number of benzene rings is 2. The molecule has 0 saturated carbocycles. The van der Waals surface area contributed by atoms with Gasteiger partial charge < -0.3 is 20.1 Å². The van der Waals surface area contributed by atoms with Crippen molar-refractivity contribution < 1.29 is 14.6 Å². The average Bonchev–Trinajstić information content (AvgIpc) is 2.76. The molecule has 7 nitrogen and oxygen atoms in total. The van der Waals surface area contributed by atoms with Crippen molar-refractivity contribution in [2.45, 2.75) is 17.3 Å². The summed E-state index contributed by atoms with van der Waals surface area (Å²) < 4.78 is 5.18. The zero-order valence-corrected chi connectivity index (χ0v) is 17.9. The first kappa shape index (κ1) is 21.4. The van der Waals surface area contributed by atoms with E-state index in [0.717, 1.165) is 16.9 Å². The van der Waals surface area contributed by atoms with Crippen molar-refractivity contribution in [3.05, 3.63) is 71.3 Å². The number of carboxylic acid groups (broad SMARTS) is 1. The first-order valence-corrected chi connectivity index (χ1v) is 10.3. The predicted molar refractivity (Wildman–Crippen MR) is 120 cm³/mol. The van der Waals surface area contributed by atoms with Crippen LogP contribution in [-0.2, 0) is 12.3 Å². The second-order valence-electron chi connectivity index (χ2n) is 6.73. The molecule has 0 fully saturated rings. The van der Waals surface area contributed by atoms with Gasteiger partial charge in [0.1, 0.15) is 22.2 Å². The summed E-state index contributed by atoms with van der Waals surface area (Å²) in [6.07, 6.45) is 0. The van der Waals surface area contributed by atoms with Crippen LogP contribution in [0, 0.1) is 0 Å². The second kappa shape index (κ2) is 9.98. The monoisotopic (exact) mass is 424 g/mol. The summed E-state index contributed by atoms with van der Waals surface area (Å²) in [5.41, 5.74) is 2.15. The third kappa shape index (κ3) is 5.42. The van der Waals surface area contributed by atoms with Crippen molar-refractivity contribution in [1.82, 2.24) is 9.97 Å². The highest BCUT2D eigenvalue weighted by Crippen LogP contribution is 2.30. The summed E-state index contributed by atoms with van der Waals surface area (Å²) >= 11 is 1.39. The van der Waals surface area contributed by atoms with E-state index in [1.54, 1.807) is 12.0 Å². The van der Waals surface area contributed by atoms with Gasteiger partial charge in [-0.2, -0.15) is 4.98 Å². The number of aromatic carboxylic acids is 1. The lowest BCUT2D eigenvalue weighted by Gasteiger charge is -2.17. The van der Waals surface area contributed by atoms with Gasteiger partial charge in [-0.25, -0.2) is 9.78 Å². The van der Waals surface area contributed by atoms with Gasteiger partial charge in [0.15, 0.2) is 0 Å². The van der Waals surface area contributed by atoms with Crippen LogP contribution in [0.25, 0.3) is 0 Å². The number of nitrogens with zero attached hydrogens (tertiary/aromatic N) is 3. The number of nitrogens with one attached hydrogen (secondary N) is 1. The largest absolute Gasteiger partial charge is 0.497 e. The maximum Gasteiger partial charge on any atom is 0.342 e. The smallest absolute Gasteiger partial charge is 0.342 e. The van der Waals surface area contributed by atoms with E-state index in [1.165, 1.54) is 11.8 Å². The predicted octanol–water partition coefficient (Wildman–Crippen LogP) is 4.15. The van der Waals surface area contributed by atoms with Crippen LogP contribution in [0.15, 0.2) is 59.6 Å². The first-order valence-electron chi connectivity index (χ1n) is 9.34. The fraction of sp³-hybridized carbons (Fsp3) is 0.227. The summed E-state index contributed by atoms with van der Waals surface area (Å²) in [5, 5.41) is 13.5.